The zero-order valence-corrected chi connectivity index (χ0v) is 12.8. The number of aliphatic hydroxyl groups is 1. The van der Waals surface area contributed by atoms with Crippen molar-refractivity contribution in [2.75, 3.05) is 13.6 Å². The second kappa shape index (κ2) is 6.50. The van der Waals surface area contributed by atoms with E-state index in [1.807, 2.05) is 0 Å². The Balaban J connectivity index is 1.98. The highest BCUT2D eigenvalue weighted by Gasteiger charge is 2.26. The minimum Gasteiger partial charge on any atom is -0.393 e. The molecule has 1 fully saturated rings. The van der Waals surface area contributed by atoms with Crippen LogP contribution >= 0.6 is 11.3 Å². The van der Waals surface area contributed by atoms with Crippen molar-refractivity contribution >= 4 is 23.0 Å². The van der Waals surface area contributed by atoms with Crippen molar-refractivity contribution in [1.82, 2.24) is 4.90 Å². The predicted molar refractivity (Wildman–Crippen MR) is 79.2 cm³/mol. The molecule has 1 heterocycles. The summed E-state index contributed by atoms with van der Waals surface area (Å²) < 4.78 is 0. The highest BCUT2D eigenvalue weighted by molar-refractivity contribution is 7.12. The van der Waals surface area contributed by atoms with E-state index in [4.69, 9.17) is 0 Å². The van der Waals surface area contributed by atoms with Crippen LogP contribution in [-0.4, -0.2) is 41.4 Å². The average molecular weight is 295 g/mol. The molecule has 0 radical (unpaired) electrons. The standard InChI is InChI=1S/C15H21NO3S/c1-10(17)12-7-14(20-9-12)15(19)16(2)8-11-5-3-4-6-13(11)18/h7,9,11,13,18H,3-6,8H2,1-2H3. The Labute approximate surface area is 123 Å². The summed E-state index contributed by atoms with van der Waals surface area (Å²) in [4.78, 5) is 25.8. The zero-order chi connectivity index (χ0) is 14.7. The van der Waals surface area contributed by atoms with Crippen molar-refractivity contribution in [2.45, 2.75) is 38.7 Å². The third-order valence-electron chi connectivity index (χ3n) is 3.94. The SMILES string of the molecule is CC(=O)c1csc(C(=O)N(C)CC2CCCCC2O)c1. The number of aliphatic hydroxyl groups excluding tert-OH is 1. The summed E-state index contributed by atoms with van der Waals surface area (Å²) in [7, 11) is 1.76. The van der Waals surface area contributed by atoms with E-state index in [1.54, 1.807) is 23.4 Å². The molecule has 20 heavy (non-hydrogen) atoms. The van der Waals surface area contributed by atoms with Gasteiger partial charge in [0.05, 0.1) is 11.0 Å². The fourth-order valence-electron chi connectivity index (χ4n) is 2.66. The van der Waals surface area contributed by atoms with Gasteiger partial charge in [0.25, 0.3) is 5.91 Å². The summed E-state index contributed by atoms with van der Waals surface area (Å²) in [5.74, 6) is 0.0795. The van der Waals surface area contributed by atoms with Crippen molar-refractivity contribution in [3.63, 3.8) is 0 Å². The van der Waals surface area contributed by atoms with Crippen LogP contribution in [-0.2, 0) is 0 Å². The quantitative estimate of drug-likeness (QED) is 0.869. The van der Waals surface area contributed by atoms with E-state index in [0.29, 0.717) is 17.0 Å². The largest absolute Gasteiger partial charge is 0.393 e. The van der Waals surface area contributed by atoms with Crippen LogP contribution < -0.4 is 0 Å². The number of thiophene rings is 1. The fraction of sp³-hybridized carbons (Fsp3) is 0.600. The molecule has 0 saturated heterocycles. The number of nitrogens with zero attached hydrogens (tertiary/aromatic N) is 1. The van der Waals surface area contributed by atoms with Crippen molar-refractivity contribution in [3.05, 3.63) is 21.9 Å². The van der Waals surface area contributed by atoms with E-state index >= 15 is 0 Å². The van der Waals surface area contributed by atoms with Crippen LogP contribution in [0.5, 0.6) is 0 Å². The molecule has 2 atom stereocenters. The highest BCUT2D eigenvalue weighted by atomic mass is 32.1. The monoisotopic (exact) mass is 295 g/mol. The first-order valence-electron chi connectivity index (χ1n) is 7.02. The Morgan fingerprint density at radius 2 is 2.10 bits per heavy atom. The zero-order valence-electron chi connectivity index (χ0n) is 12.0. The molecule has 1 aromatic heterocycles. The van der Waals surface area contributed by atoms with E-state index < -0.39 is 0 Å². The van der Waals surface area contributed by atoms with Gasteiger partial charge in [-0.15, -0.1) is 11.3 Å². The van der Waals surface area contributed by atoms with E-state index in [0.717, 1.165) is 25.7 Å². The van der Waals surface area contributed by atoms with Gasteiger partial charge in [-0.05, 0) is 25.8 Å². The molecule has 0 aliphatic heterocycles. The number of ketones is 1. The molecule has 110 valence electrons. The van der Waals surface area contributed by atoms with Gasteiger partial charge in [-0.25, -0.2) is 0 Å². The van der Waals surface area contributed by atoms with E-state index in [2.05, 4.69) is 0 Å². The molecule has 0 bridgehead atoms. The number of rotatable bonds is 4. The highest BCUT2D eigenvalue weighted by Crippen LogP contribution is 2.26. The number of carbonyl (C=O) groups excluding carboxylic acids is 2. The van der Waals surface area contributed by atoms with Crippen molar-refractivity contribution in [2.24, 2.45) is 5.92 Å². The lowest BCUT2D eigenvalue weighted by Gasteiger charge is -2.31. The number of amides is 1. The van der Waals surface area contributed by atoms with Crippen LogP contribution in [0.25, 0.3) is 0 Å². The van der Waals surface area contributed by atoms with Crippen molar-refractivity contribution < 1.29 is 14.7 Å². The average Bonchev–Trinajstić information content (AvgIpc) is 2.90. The lowest BCUT2D eigenvalue weighted by Crippen LogP contribution is -2.37. The van der Waals surface area contributed by atoms with Crippen LogP contribution in [0.15, 0.2) is 11.4 Å². The lowest BCUT2D eigenvalue weighted by atomic mass is 9.86. The van der Waals surface area contributed by atoms with Crippen molar-refractivity contribution in [3.8, 4) is 0 Å². The van der Waals surface area contributed by atoms with E-state index in [1.165, 1.54) is 18.3 Å². The van der Waals surface area contributed by atoms with Crippen LogP contribution in [0.3, 0.4) is 0 Å². The first-order chi connectivity index (χ1) is 9.49. The van der Waals surface area contributed by atoms with Crippen LogP contribution in [0.4, 0.5) is 0 Å². The molecule has 1 aliphatic rings. The molecule has 2 unspecified atom stereocenters. The minimum absolute atomic E-state index is 0.0225. The normalized spacial score (nSPS) is 22.6. The molecule has 4 nitrogen and oxygen atoms in total. The van der Waals surface area contributed by atoms with Gasteiger partial charge in [0, 0.05) is 30.5 Å². The Kier molecular flexibility index (Phi) is 4.94. The lowest BCUT2D eigenvalue weighted by molar-refractivity contribution is 0.0453. The maximum Gasteiger partial charge on any atom is 0.263 e. The number of hydrogen-bond donors (Lipinski definition) is 1. The molecule has 0 spiro atoms. The second-order valence-corrected chi connectivity index (χ2v) is 6.46. The summed E-state index contributed by atoms with van der Waals surface area (Å²) >= 11 is 1.30. The van der Waals surface area contributed by atoms with Gasteiger partial charge < -0.3 is 10.0 Å². The summed E-state index contributed by atoms with van der Waals surface area (Å²) in [5, 5.41) is 11.7. The van der Waals surface area contributed by atoms with Gasteiger partial charge in [-0.1, -0.05) is 12.8 Å². The summed E-state index contributed by atoms with van der Waals surface area (Å²) in [6, 6.07) is 1.66. The molecule has 1 aliphatic carbocycles. The molecule has 5 heteroatoms. The molecule has 1 saturated carbocycles. The molecular weight excluding hydrogens is 274 g/mol. The Morgan fingerprint density at radius 3 is 2.70 bits per heavy atom. The smallest absolute Gasteiger partial charge is 0.263 e. The minimum atomic E-state index is -0.296. The topological polar surface area (TPSA) is 57.6 Å². The van der Waals surface area contributed by atoms with Crippen LogP contribution in [0.1, 0.15) is 52.6 Å². The number of hydrogen-bond acceptors (Lipinski definition) is 4. The summed E-state index contributed by atoms with van der Waals surface area (Å²) in [6.07, 6.45) is 3.71. The maximum atomic E-state index is 12.3. The molecule has 1 N–H and O–H groups in total. The Bertz CT molecular complexity index is 497. The molecule has 2 rings (SSSR count). The fourth-order valence-corrected chi connectivity index (χ4v) is 3.60. The van der Waals surface area contributed by atoms with Crippen LogP contribution in [0.2, 0.25) is 0 Å². The van der Waals surface area contributed by atoms with Gasteiger partial charge >= 0.3 is 0 Å². The summed E-state index contributed by atoms with van der Waals surface area (Å²) in [6.45, 7) is 2.08. The first kappa shape index (κ1) is 15.2. The molecule has 1 aromatic rings. The predicted octanol–water partition coefficient (Wildman–Crippen LogP) is 2.57. The third-order valence-corrected chi connectivity index (χ3v) is 4.86. The Morgan fingerprint density at radius 1 is 1.40 bits per heavy atom. The van der Waals surface area contributed by atoms with Gasteiger partial charge in [0.2, 0.25) is 0 Å². The maximum absolute atomic E-state index is 12.3. The van der Waals surface area contributed by atoms with E-state index in [9.17, 15) is 14.7 Å². The molecule has 1 amide bonds. The van der Waals surface area contributed by atoms with Crippen molar-refractivity contribution in [1.29, 1.82) is 0 Å². The number of carbonyl (C=O) groups is 2. The van der Waals surface area contributed by atoms with E-state index in [-0.39, 0.29) is 23.7 Å². The summed E-state index contributed by atoms with van der Waals surface area (Å²) in [5.41, 5.74) is 0.587. The van der Waals surface area contributed by atoms with Gasteiger partial charge in [-0.3, -0.25) is 9.59 Å². The second-order valence-electron chi connectivity index (χ2n) is 5.55. The number of Topliss-reactive ketones (excluding diaryl/α,β-unsaturated/α-hetero) is 1. The molecular formula is C15H21NO3S. The third kappa shape index (κ3) is 3.46. The molecule has 0 aromatic carbocycles. The van der Waals surface area contributed by atoms with Gasteiger partial charge in [0.1, 0.15) is 0 Å². The van der Waals surface area contributed by atoms with Crippen LogP contribution in [0, 0.1) is 5.92 Å². The van der Waals surface area contributed by atoms with Gasteiger partial charge in [0.15, 0.2) is 5.78 Å². The first-order valence-corrected chi connectivity index (χ1v) is 7.90. The Hall–Kier alpha value is -1.20. The van der Waals surface area contributed by atoms with Gasteiger partial charge in [-0.2, -0.15) is 0 Å².